The Bertz CT molecular complexity index is 333. The van der Waals surface area contributed by atoms with E-state index in [0.29, 0.717) is 0 Å². The molecule has 0 bridgehead atoms. The highest BCUT2D eigenvalue weighted by Crippen LogP contribution is 2.30. The molecule has 2 nitrogen and oxygen atoms in total. The van der Waals surface area contributed by atoms with Crippen molar-refractivity contribution in [3.8, 4) is 5.75 Å². The summed E-state index contributed by atoms with van der Waals surface area (Å²) in [6, 6.07) is 6.29. The van der Waals surface area contributed by atoms with Crippen LogP contribution in [-0.2, 0) is 6.42 Å². The Morgan fingerprint density at radius 2 is 2.13 bits per heavy atom. The average Bonchev–Trinajstić information content (AvgIpc) is 2.42. The standard InChI is InChI=1S/C13H19NO/c1-10(2)15-13-8-5-7-12-11(13)6-3-4-9-14-12/h5,7-8,10,14H,3-4,6,9H2,1-2H3. The van der Waals surface area contributed by atoms with Gasteiger partial charge in [0, 0.05) is 17.8 Å². The van der Waals surface area contributed by atoms with E-state index in [2.05, 4.69) is 37.4 Å². The molecule has 0 aliphatic carbocycles. The van der Waals surface area contributed by atoms with E-state index in [9.17, 15) is 0 Å². The summed E-state index contributed by atoms with van der Waals surface area (Å²) in [5.41, 5.74) is 2.61. The Morgan fingerprint density at radius 3 is 2.93 bits per heavy atom. The molecule has 0 aromatic heterocycles. The first kappa shape index (κ1) is 10.3. The zero-order valence-electron chi connectivity index (χ0n) is 9.55. The zero-order valence-corrected chi connectivity index (χ0v) is 9.55. The fraction of sp³-hybridized carbons (Fsp3) is 0.538. The molecule has 1 aliphatic rings. The fourth-order valence-corrected chi connectivity index (χ4v) is 2.00. The molecule has 0 spiro atoms. The average molecular weight is 205 g/mol. The molecule has 0 amide bonds. The zero-order chi connectivity index (χ0) is 10.7. The number of fused-ring (bicyclic) bond motifs is 1. The van der Waals surface area contributed by atoms with Crippen molar-refractivity contribution in [1.29, 1.82) is 0 Å². The van der Waals surface area contributed by atoms with Crippen LogP contribution in [0.4, 0.5) is 5.69 Å². The molecule has 2 heteroatoms. The Hall–Kier alpha value is -1.18. The van der Waals surface area contributed by atoms with Crippen LogP contribution in [0.15, 0.2) is 18.2 Å². The van der Waals surface area contributed by atoms with Crippen molar-refractivity contribution in [2.45, 2.75) is 39.2 Å². The van der Waals surface area contributed by atoms with Crippen molar-refractivity contribution in [1.82, 2.24) is 0 Å². The van der Waals surface area contributed by atoms with Crippen LogP contribution in [0.3, 0.4) is 0 Å². The third-order valence-corrected chi connectivity index (χ3v) is 2.66. The highest BCUT2D eigenvalue weighted by molar-refractivity contribution is 5.58. The molecule has 1 aromatic carbocycles. The summed E-state index contributed by atoms with van der Waals surface area (Å²) >= 11 is 0. The summed E-state index contributed by atoms with van der Waals surface area (Å²) in [4.78, 5) is 0. The third-order valence-electron chi connectivity index (χ3n) is 2.66. The van der Waals surface area contributed by atoms with Crippen LogP contribution in [0.25, 0.3) is 0 Å². The van der Waals surface area contributed by atoms with Crippen LogP contribution >= 0.6 is 0 Å². The van der Waals surface area contributed by atoms with Gasteiger partial charge in [-0.1, -0.05) is 6.07 Å². The minimum absolute atomic E-state index is 0.250. The lowest BCUT2D eigenvalue weighted by molar-refractivity contribution is 0.240. The maximum Gasteiger partial charge on any atom is 0.124 e. The van der Waals surface area contributed by atoms with E-state index in [1.54, 1.807) is 0 Å². The van der Waals surface area contributed by atoms with Gasteiger partial charge in [-0.05, 0) is 45.2 Å². The van der Waals surface area contributed by atoms with Gasteiger partial charge < -0.3 is 10.1 Å². The number of rotatable bonds is 2. The molecule has 0 unspecified atom stereocenters. The van der Waals surface area contributed by atoms with Gasteiger partial charge in [0.05, 0.1) is 6.10 Å². The number of nitrogens with one attached hydrogen (secondary N) is 1. The smallest absolute Gasteiger partial charge is 0.124 e. The van der Waals surface area contributed by atoms with E-state index >= 15 is 0 Å². The summed E-state index contributed by atoms with van der Waals surface area (Å²) in [6.07, 6.45) is 3.87. The predicted molar refractivity (Wildman–Crippen MR) is 63.6 cm³/mol. The SMILES string of the molecule is CC(C)Oc1cccc2c1CCCCN2. The van der Waals surface area contributed by atoms with Gasteiger partial charge in [0.25, 0.3) is 0 Å². The van der Waals surface area contributed by atoms with Crippen molar-refractivity contribution in [2.24, 2.45) is 0 Å². The van der Waals surface area contributed by atoms with Gasteiger partial charge in [0.15, 0.2) is 0 Å². The minimum atomic E-state index is 0.250. The fourth-order valence-electron chi connectivity index (χ4n) is 2.00. The second kappa shape index (κ2) is 4.56. The molecule has 1 N–H and O–H groups in total. The first-order chi connectivity index (χ1) is 7.27. The minimum Gasteiger partial charge on any atom is -0.491 e. The molecule has 0 atom stereocenters. The first-order valence-electron chi connectivity index (χ1n) is 5.80. The lowest BCUT2D eigenvalue weighted by atomic mass is 10.1. The molecular weight excluding hydrogens is 186 g/mol. The van der Waals surface area contributed by atoms with Crippen LogP contribution in [0, 0.1) is 0 Å². The molecule has 1 heterocycles. The number of hydrogen-bond acceptors (Lipinski definition) is 2. The topological polar surface area (TPSA) is 21.3 Å². The van der Waals surface area contributed by atoms with Crippen LogP contribution in [0.1, 0.15) is 32.3 Å². The maximum atomic E-state index is 5.83. The molecular formula is C13H19NO. The Balaban J connectivity index is 2.30. The van der Waals surface area contributed by atoms with Gasteiger partial charge in [0.2, 0.25) is 0 Å². The molecule has 1 aromatic rings. The number of hydrogen-bond donors (Lipinski definition) is 1. The second-order valence-corrected chi connectivity index (χ2v) is 4.33. The van der Waals surface area contributed by atoms with Crippen molar-refractivity contribution in [3.05, 3.63) is 23.8 Å². The van der Waals surface area contributed by atoms with Crippen LogP contribution in [0.2, 0.25) is 0 Å². The van der Waals surface area contributed by atoms with E-state index in [0.717, 1.165) is 18.7 Å². The third kappa shape index (κ3) is 2.44. The highest BCUT2D eigenvalue weighted by atomic mass is 16.5. The first-order valence-corrected chi connectivity index (χ1v) is 5.80. The Kier molecular flexibility index (Phi) is 3.14. The largest absolute Gasteiger partial charge is 0.491 e. The number of ether oxygens (including phenoxy) is 1. The monoisotopic (exact) mass is 205 g/mol. The summed E-state index contributed by atoms with van der Waals surface area (Å²) in [5, 5.41) is 3.46. The van der Waals surface area contributed by atoms with E-state index in [4.69, 9.17) is 4.74 Å². The molecule has 2 rings (SSSR count). The van der Waals surface area contributed by atoms with Crippen molar-refractivity contribution >= 4 is 5.69 Å². The van der Waals surface area contributed by atoms with Gasteiger partial charge in [0.1, 0.15) is 5.75 Å². The normalized spacial score (nSPS) is 15.4. The van der Waals surface area contributed by atoms with E-state index in [-0.39, 0.29) is 6.10 Å². The number of benzene rings is 1. The quantitative estimate of drug-likeness (QED) is 0.800. The molecule has 82 valence electrons. The van der Waals surface area contributed by atoms with Gasteiger partial charge >= 0.3 is 0 Å². The lowest BCUT2D eigenvalue weighted by Gasteiger charge is -2.16. The molecule has 0 saturated carbocycles. The van der Waals surface area contributed by atoms with Crippen LogP contribution < -0.4 is 10.1 Å². The van der Waals surface area contributed by atoms with Crippen molar-refractivity contribution in [2.75, 3.05) is 11.9 Å². The second-order valence-electron chi connectivity index (χ2n) is 4.33. The highest BCUT2D eigenvalue weighted by Gasteiger charge is 2.12. The molecule has 15 heavy (non-hydrogen) atoms. The molecule has 1 aliphatic heterocycles. The summed E-state index contributed by atoms with van der Waals surface area (Å²) in [5.74, 6) is 1.05. The molecule has 0 radical (unpaired) electrons. The Labute approximate surface area is 91.6 Å². The predicted octanol–water partition coefficient (Wildman–Crippen LogP) is 3.22. The summed E-state index contributed by atoms with van der Waals surface area (Å²) in [7, 11) is 0. The van der Waals surface area contributed by atoms with Crippen molar-refractivity contribution < 1.29 is 4.74 Å². The maximum absolute atomic E-state index is 5.83. The summed E-state index contributed by atoms with van der Waals surface area (Å²) < 4.78 is 5.83. The van der Waals surface area contributed by atoms with Gasteiger partial charge in [-0.25, -0.2) is 0 Å². The number of anilines is 1. The van der Waals surface area contributed by atoms with Crippen molar-refractivity contribution in [3.63, 3.8) is 0 Å². The van der Waals surface area contributed by atoms with Gasteiger partial charge in [-0.2, -0.15) is 0 Å². The van der Waals surface area contributed by atoms with E-state index < -0.39 is 0 Å². The van der Waals surface area contributed by atoms with E-state index in [1.165, 1.54) is 24.1 Å². The van der Waals surface area contributed by atoms with Gasteiger partial charge in [-0.15, -0.1) is 0 Å². The van der Waals surface area contributed by atoms with E-state index in [1.807, 2.05) is 0 Å². The Morgan fingerprint density at radius 1 is 1.27 bits per heavy atom. The van der Waals surface area contributed by atoms with Gasteiger partial charge in [-0.3, -0.25) is 0 Å². The molecule has 0 fully saturated rings. The lowest BCUT2D eigenvalue weighted by Crippen LogP contribution is -2.08. The summed E-state index contributed by atoms with van der Waals surface area (Å²) in [6.45, 7) is 5.23. The van der Waals surface area contributed by atoms with Crippen LogP contribution in [-0.4, -0.2) is 12.6 Å². The molecule has 0 saturated heterocycles. The van der Waals surface area contributed by atoms with Crippen LogP contribution in [0.5, 0.6) is 5.75 Å².